The summed E-state index contributed by atoms with van der Waals surface area (Å²) in [5, 5.41) is 0. The fraction of sp³-hybridized carbons (Fsp3) is 0.333. The van der Waals surface area contributed by atoms with E-state index in [-0.39, 0.29) is 11.3 Å². The topological polar surface area (TPSA) is 60.4 Å². The molecule has 2 atom stereocenters. The Labute approximate surface area is 171 Å². The number of nitrogens with zero attached hydrogens (tertiary/aromatic N) is 1. The van der Waals surface area contributed by atoms with Crippen molar-refractivity contribution in [2.24, 2.45) is 4.99 Å². The number of carbonyl (C=O) groups is 1. The van der Waals surface area contributed by atoms with Crippen molar-refractivity contribution in [1.82, 2.24) is 0 Å². The van der Waals surface area contributed by atoms with Gasteiger partial charge in [0.25, 0.3) is 0 Å². The molecule has 4 rings (SSSR count). The third-order valence-electron chi connectivity index (χ3n) is 5.43. The summed E-state index contributed by atoms with van der Waals surface area (Å²) in [7, 11) is 1.61. The molecule has 0 unspecified atom stereocenters. The van der Waals surface area contributed by atoms with Gasteiger partial charge in [0, 0.05) is 0 Å². The molecule has 150 valence electrons. The molecule has 2 aromatic rings. The standard InChI is InChI=1S/C24H25NO4/c1-22(2)16-28-21(25-22)23(3)24(29-23,18-11-13-19(27-4)14-12-18)20(26)15-10-17-8-6-5-7-9-17/h5-15H,16H2,1-4H3/b15-10+/t23-,24+/m0/s1. The van der Waals surface area contributed by atoms with Crippen LogP contribution in [0.4, 0.5) is 0 Å². The molecule has 2 aliphatic rings. The molecule has 5 heteroatoms. The Hall–Kier alpha value is -2.92. The summed E-state index contributed by atoms with van der Waals surface area (Å²) in [6.45, 7) is 6.33. The summed E-state index contributed by atoms with van der Waals surface area (Å²) in [4.78, 5) is 18.1. The maximum absolute atomic E-state index is 13.4. The molecule has 0 bridgehead atoms. The number of aliphatic imine (C=N–C) groups is 1. The van der Waals surface area contributed by atoms with Crippen molar-refractivity contribution < 1.29 is 19.0 Å². The van der Waals surface area contributed by atoms with Crippen molar-refractivity contribution in [3.63, 3.8) is 0 Å². The van der Waals surface area contributed by atoms with Crippen LogP contribution in [-0.4, -0.2) is 36.5 Å². The van der Waals surface area contributed by atoms with E-state index in [1.165, 1.54) is 0 Å². The second kappa shape index (κ2) is 6.85. The predicted molar refractivity (Wildman–Crippen MR) is 112 cm³/mol. The number of rotatable bonds is 6. The minimum Gasteiger partial charge on any atom is -0.497 e. The zero-order valence-corrected chi connectivity index (χ0v) is 17.1. The first-order valence-corrected chi connectivity index (χ1v) is 9.66. The van der Waals surface area contributed by atoms with Gasteiger partial charge in [-0.1, -0.05) is 48.5 Å². The van der Waals surface area contributed by atoms with Gasteiger partial charge in [-0.05, 0) is 50.1 Å². The van der Waals surface area contributed by atoms with E-state index in [9.17, 15) is 4.79 Å². The largest absolute Gasteiger partial charge is 0.497 e. The molecule has 0 radical (unpaired) electrons. The number of carbonyl (C=O) groups excluding carboxylic acids is 1. The number of ether oxygens (including phenoxy) is 3. The molecule has 29 heavy (non-hydrogen) atoms. The molecule has 0 aromatic heterocycles. The highest BCUT2D eigenvalue weighted by atomic mass is 16.7. The number of benzene rings is 2. The van der Waals surface area contributed by atoms with Crippen molar-refractivity contribution in [2.75, 3.05) is 13.7 Å². The van der Waals surface area contributed by atoms with E-state index in [0.29, 0.717) is 18.3 Å². The lowest BCUT2D eigenvalue weighted by atomic mass is 9.83. The van der Waals surface area contributed by atoms with E-state index in [4.69, 9.17) is 14.2 Å². The quantitative estimate of drug-likeness (QED) is 0.548. The average Bonchev–Trinajstić information content (AvgIpc) is 3.22. The lowest BCUT2D eigenvalue weighted by Gasteiger charge is -2.15. The molecule has 0 amide bonds. The molecule has 2 aliphatic heterocycles. The Balaban J connectivity index is 1.73. The molecule has 1 saturated heterocycles. The van der Waals surface area contributed by atoms with Crippen LogP contribution in [0, 0.1) is 0 Å². The molecule has 1 fully saturated rings. The Morgan fingerprint density at radius 1 is 1.07 bits per heavy atom. The van der Waals surface area contributed by atoms with E-state index < -0.39 is 11.2 Å². The van der Waals surface area contributed by atoms with E-state index in [1.807, 2.05) is 75.4 Å². The van der Waals surface area contributed by atoms with Crippen molar-refractivity contribution in [2.45, 2.75) is 37.5 Å². The van der Waals surface area contributed by atoms with Crippen LogP contribution in [-0.2, 0) is 19.9 Å². The smallest absolute Gasteiger partial charge is 0.221 e. The Morgan fingerprint density at radius 3 is 2.34 bits per heavy atom. The van der Waals surface area contributed by atoms with Crippen LogP contribution in [0.25, 0.3) is 6.08 Å². The van der Waals surface area contributed by atoms with E-state index in [0.717, 1.165) is 11.1 Å². The van der Waals surface area contributed by atoms with Gasteiger partial charge in [-0.2, -0.15) is 0 Å². The number of ketones is 1. The molecule has 0 N–H and O–H groups in total. The van der Waals surface area contributed by atoms with Gasteiger partial charge in [-0.15, -0.1) is 0 Å². The van der Waals surface area contributed by atoms with Gasteiger partial charge in [0.1, 0.15) is 12.4 Å². The molecular formula is C24H25NO4. The predicted octanol–water partition coefficient (Wildman–Crippen LogP) is 4.17. The van der Waals surface area contributed by atoms with Gasteiger partial charge < -0.3 is 14.2 Å². The molecule has 0 aliphatic carbocycles. The molecule has 5 nitrogen and oxygen atoms in total. The highest BCUT2D eigenvalue weighted by molar-refractivity contribution is 6.10. The summed E-state index contributed by atoms with van der Waals surface area (Å²) in [6.07, 6.45) is 3.38. The second-order valence-electron chi connectivity index (χ2n) is 8.17. The summed E-state index contributed by atoms with van der Waals surface area (Å²) >= 11 is 0. The number of methoxy groups -OCH3 is 1. The Kier molecular flexibility index (Phi) is 4.58. The van der Waals surface area contributed by atoms with Crippen molar-refractivity contribution in [3.05, 3.63) is 71.8 Å². The fourth-order valence-electron chi connectivity index (χ4n) is 3.74. The monoisotopic (exact) mass is 391 g/mol. The van der Waals surface area contributed by atoms with Gasteiger partial charge in [0.15, 0.2) is 17.0 Å². The Morgan fingerprint density at radius 2 is 1.76 bits per heavy atom. The first kappa shape index (κ1) is 19.4. The van der Waals surface area contributed by atoms with Gasteiger partial charge in [-0.3, -0.25) is 4.79 Å². The zero-order chi connectivity index (χ0) is 20.7. The average molecular weight is 391 g/mol. The SMILES string of the molecule is COc1ccc([C@]2(C(=O)/C=C/c3ccccc3)O[C@@]2(C)C2=NC(C)(C)CO2)cc1. The molecule has 2 aromatic carbocycles. The lowest BCUT2D eigenvalue weighted by molar-refractivity contribution is -0.119. The minimum atomic E-state index is -1.18. The van der Waals surface area contributed by atoms with Crippen LogP contribution < -0.4 is 4.74 Å². The third kappa shape index (κ3) is 3.25. The maximum atomic E-state index is 13.4. The number of hydrogen-bond donors (Lipinski definition) is 0. The summed E-state index contributed by atoms with van der Waals surface area (Å²) < 4.78 is 17.3. The second-order valence-corrected chi connectivity index (χ2v) is 8.17. The minimum absolute atomic E-state index is 0.148. The van der Waals surface area contributed by atoms with Gasteiger partial charge in [-0.25, -0.2) is 4.99 Å². The van der Waals surface area contributed by atoms with Gasteiger partial charge in [0.2, 0.25) is 5.90 Å². The molecular weight excluding hydrogens is 366 g/mol. The van der Waals surface area contributed by atoms with Crippen LogP contribution in [0.3, 0.4) is 0 Å². The van der Waals surface area contributed by atoms with Gasteiger partial charge in [0.05, 0.1) is 12.6 Å². The van der Waals surface area contributed by atoms with Crippen LogP contribution in [0.5, 0.6) is 5.75 Å². The van der Waals surface area contributed by atoms with Crippen LogP contribution >= 0.6 is 0 Å². The van der Waals surface area contributed by atoms with E-state index in [1.54, 1.807) is 19.3 Å². The zero-order valence-electron chi connectivity index (χ0n) is 17.1. The van der Waals surface area contributed by atoms with Crippen LogP contribution in [0.1, 0.15) is 31.9 Å². The normalized spacial score (nSPS) is 27.4. The summed E-state index contributed by atoms with van der Waals surface area (Å²) in [5.74, 6) is 1.04. The first-order chi connectivity index (χ1) is 13.8. The first-order valence-electron chi connectivity index (χ1n) is 9.66. The highest BCUT2D eigenvalue weighted by Gasteiger charge is 2.76. The van der Waals surface area contributed by atoms with Crippen LogP contribution in [0.2, 0.25) is 0 Å². The van der Waals surface area contributed by atoms with Crippen molar-refractivity contribution >= 4 is 17.8 Å². The number of hydrogen-bond acceptors (Lipinski definition) is 5. The highest BCUT2D eigenvalue weighted by Crippen LogP contribution is 2.58. The Bertz CT molecular complexity index is 978. The molecule has 2 heterocycles. The molecule has 0 saturated carbocycles. The van der Waals surface area contributed by atoms with Crippen molar-refractivity contribution in [3.8, 4) is 5.75 Å². The lowest BCUT2D eigenvalue weighted by Crippen LogP contribution is -2.35. The summed E-state index contributed by atoms with van der Waals surface area (Å²) in [5.41, 5.74) is -0.765. The summed E-state index contributed by atoms with van der Waals surface area (Å²) in [6, 6.07) is 17.1. The van der Waals surface area contributed by atoms with Gasteiger partial charge >= 0.3 is 0 Å². The fourth-order valence-corrected chi connectivity index (χ4v) is 3.74. The molecule has 0 spiro atoms. The third-order valence-corrected chi connectivity index (χ3v) is 5.43. The van der Waals surface area contributed by atoms with Crippen molar-refractivity contribution in [1.29, 1.82) is 0 Å². The van der Waals surface area contributed by atoms with E-state index in [2.05, 4.69) is 4.99 Å². The van der Waals surface area contributed by atoms with E-state index >= 15 is 0 Å². The maximum Gasteiger partial charge on any atom is 0.221 e. The number of epoxide rings is 1. The van der Waals surface area contributed by atoms with Crippen LogP contribution in [0.15, 0.2) is 65.7 Å².